The van der Waals surface area contributed by atoms with Gasteiger partial charge in [0.2, 0.25) is 0 Å². The predicted molar refractivity (Wildman–Crippen MR) is 57.5 cm³/mol. The van der Waals surface area contributed by atoms with E-state index in [1.165, 1.54) is 0 Å². The van der Waals surface area contributed by atoms with Crippen LogP contribution < -0.4 is 5.73 Å². The smallest absolute Gasteiger partial charge is 0.0917 e. The van der Waals surface area contributed by atoms with Gasteiger partial charge in [-0.3, -0.25) is 0 Å². The summed E-state index contributed by atoms with van der Waals surface area (Å²) in [5.74, 6) is 1.82. The third-order valence-electron chi connectivity index (χ3n) is 1.80. The molecular weight excluding hydrogens is 162 g/mol. The van der Waals surface area contributed by atoms with Crippen LogP contribution in [0.5, 0.6) is 0 Å². The van der Waals surface area contributed by atoms with Gasteiger partial charge in [-0.05, 0) is 31.4 Å². The van der Waals surface area contributed by atoms with Crippen molar-refractivity contribution < 1.29 is 4.74 Å². The lowest BCUT2D eigenvalue weighted by Gasteiger charge is -2.08. The molecule has 0 aromatic rings. The topological polar surface area (TPSA) is 35.2 Å². The molecule has 0 fully saturated rings. The molecule has 0 aliphatic heterocycles. The zero-order valence-electron chi connectivity index (χ0n) is 9.18. The Kier molecular flexibility index (Phi) is 7.80. The van der Waals surface area contributed by atoms with Crippen LogP contribution >= 0.6 is 0 Å². The van der Waals surface area contributed by atoms with Crippen molar-refractivity contribution in [3.8, 4) is 0 Å². The third-order valence-corrected chi connectivity index (χ3v) is 1.80. The second-order valence-electron chi connectivity index (χ2n) is 3.64. The van der Waals surface area contributed by atoms with Gasteiger partial charge in [-0.15, -0.1) is 0 Å². The van der Waals surface area contributed by atoms with E-state index in [1.807, 2.05) is 0 Å². The maximum Gasteiger partial charge on any atom is 0.0917 e. The Balaban J connectivity index is 3.67. The fourth-order valence-corrected chi connectivity index (χ4v) is 0.959. The minimum absolute atomic E-state index is 0.708. The lowest BCUT2D eigenvalue weighted by molar-refractivity contribution is 0.201. The zero-order chi connectivity index (χ0) is 10.1. The van der Waals surface area contributed by atoms with Crippen molar-refractivity contribution in [2.75, 3.05) is 13.2 Å². The summed E-state index contributed by atoms with van der Waals surface area (Å²) in [7, 11) is 0. The average Bonchev–Trinajstić information content (AvgIpc) is 2.10. The van der Waals surface area contributed by atoms with Crippen molar-refractivity contribution in [2.24, 2.45) is 11.7 Å². The van der Waals surface area contributed by atoms with Crippen LogP contribution in [0.3, 0.4) is 0 Å². The summed E-state index contributed by atoms with van der Waals surface area (Å²) < 4.78 is 5.56. The van der Waals surface area contributed by atoms with Gasteiger partial charge in [-0.2, -0.15) is 0 Å². The molecule has 0 unspecified atom stereocenters. The molecule has 0 heterocycles. The van der Waals surface area contributed by atoms with Crippen LogP contribution in [0.25, 0.3) is 0 Å². The minimum atomic E-state index is 0.708. The number of hydrogen-bond donors (Lipinski definition) is 1. The second kappa shape index (κ2) is 8.11. The van der Waals surface area contributed by atoms with Crippen LogP contribution in [0.15, 0.2) is 11.8 Å². The first-order valence-electron chi connectivity index (χ1n) is 5.22. The molecule has 13 heavy (non-hydrogen) atoms. The van der Waals surface area contributed by atoms with E-state index in [9.17, 15) is 0 Å². The molecule has 78 valence electrons. The molecule has 0 amide bonds. The molecule has 0 aliphatic rings. The molecule has 2 N–H and O–H groups in total. The number of nitrogens with two attached hydrogens (primary N) is 1. The van der Waals surface area contributed by atoms with Crippen LogP contribution in [0.1, 0.15) is 40.0 Å². The van der Waals surface area contributed by atoms with Crippen LogP contribution in [0.4, 0.5) is 0 Å². The van der Waals surface area contributed by atoms with Crippen molar-refractivity contribution >= 4 is 0 Å². The van der Waals surface area contributed by atoms with E-state index in [1.54, 1.807) is 0 Å². The van der Waals surface area contributed by atoms with Crippen molar-refractivity contribution in [1.29, 1.82) is 0 Å². The molecule has 0 saturated carbocycles. The molecule has 2 heteroatoms. The number of hydrogen-bond acceptors (Lipinski definition) is 2. The highest BCUT2D eigenvalue weighted by molar-refractivity contribution is 4.92. The standard InChI is InChI=1S/C11H23NO/c1-4-11(7-6-10(2)3)13-9-5-8-12/h7,10H,4-6,8-9,12H2,1-3H3/b11-7+. The Hall–Kier alpha value is -0.500. The summed E-state index contributed by atoms with van der Waals surface area (Å²) in [5.41, 5.74) is 5.38. The molecule has 0 aromatic carbocycles. The maximum atomic E-state index is 5.56. The minimum Gasteiger partial charge on any atom is -0.498 e. The van der Waals surface area contributed by atoms with Crippen molar-refractivity contribution in [3.63, 3.8) is 0 Å². The molecule has 0 radical (unpaired) electrons. The van der Waals surface area contributed by atoms with Gasteiger partial charge in [0.25, 0.3) is 0 Å². The molecule has 0 bridgehead atoms. The van der Waals surface area contributed by atoms with E-state index in [0.29, 0.717) is 12.5 Å². The van der Waals surface area contributed by atoms with Gasteiger partial charge in [-0.1, -0.05) is 20.8 Å². The SMILES string of the molecule is CC/C(=C\CC(C)C)OCCCN. The molecule has 0 saturated heterocycles. The molecule has 0 aliphatic carbocycles. The lowest BCUT2D eigenvalue weighted by atomic mass is 10.1. The van der Waals surface area contributed by atoms with Gasteiger partial charge in [0, 0.05) is 6.42 Å². The quantitative estimate of drug-likeness (QED) is 0.489. The zero-order valence-corrected chi connectivity index (χ0v) is 9.18. The first-order chi connectivity index (χ1) is 6.20. The average molecular weight is 185 g/mol. The van der Waals surface area contributed by atoms with Gasteiger partial charge in [0.1, 0.15) is 0 Å². The van der Waals surface area contributed by atoms with E-state index in [2.05, 4.69) is 26.8 Å². The largest absolute Gasteiger partial charge is 0.498 e. The molecular formula is C11H23NO. The Labute approximate surface area is 82.2 Å². The van der Waals surface area contributed by atoms with Gasteiger partial charge in [0.15, 0.2) is 0 Å². The summed E-state index contributed by atoms with van der Waals surface area (Å²) in [4.78, 5) is 0. The van der Waals surface area contributed by atoms with Crippen molar-refractivity contribution in [1.82, 2.24) is 0 Å². The normalized spacial score (nSPS) is 12.2. The summed E-state index contributed by atoms with van der Waals surface area (Å²) in [6, 6.07) is 0. The molecule has 2 nitrogen and oxygen atoms in total. The van der Waals surface area contributed by atoms with Crippen molar-refractivity contribution in [2.45, 2.75) is 40.0 Å². The van der Waals surface area contributed by atoms with E-state index < -0.39 is 0 Å². The highest BCUT2D eigenvalue weighted by Crippen LogP contribution is 2.09. The van der Waals surface area contributed by atoms with Crippen LogP contribution in [-0.2, 0) is 4.74 Å². The molecule has 0 spiro atoms. The highest BCUT2D eigenvalue weighted by atomic mass is 16.5. The summed E-state index contributed by atoms with van der Waals surface area (Å²) >= 11 is 0. The number of rotatable bonds is 7. The Morgan fingerprint density at radius 3 is 2.62 bits per heavy atom. The lowest BCUT2D eigenvalue weighted by Crippen LogP contribution is -2.04. The van der Waals surface area contributed by atoms with E-state index in [-0.39, 0.29) is 0 Å². The monoisotopic (exact) mass is 185 g/mol. The Morgan fingerprint density at radius 2 is 2.15 bits per heavy atom. The van der Waals surface area contributed by atoms with Gasteiger partial charge in [0.05, 0.1) is 12.4 Å². The van der Waals surface area contributed by atoms with Crippen LogP contribution in [0, 0.1) is 5.92 Å². The first-order valence-corrected chi connectivity index (χ1v) is 5.22. The van der Waals surface area contributed by atoms with E-state index in [0.717, 1.165) is 31.6 Å². The fraction of sp³-hybridized carbons (Fsp3) is 0.818. The number of allylic oxidation sites excluding steroid dienone is 2. The van der Waals surface area contributed by atoms with Crippen LogP contribution in [0.2, 0.25) is 0 Å². The molecule has 0 rings (SSSR count). The molecule has 0 aromatic heterocycles. The maximum absolute atomic E-state index is 5.56. The Bertz CT molecular complexity index is 141. The summed E-state index contributed by atoms with van der Waals surface area (Å²) in [6.07, 6.45) is 5.23. The number of ether oxygens (including phenoxy) is 1. The van der Waals surface area contributed by atoms with Crippen LogP contribution in [-0.4, -0.2) is 13.2 Å². The van der Waals surface area contributed by atoms with E-state index >= 15 is 0 Å². The fourth-order valence-electron chi connectivity index (χ4n) is 0.959. The van der Waals surface area contributed by atoms with E-state index in [4.69, 9.17) is 10.5 Å². The van der Waals surface area contributed by atoms with Gasteiger partial charge >= 0.3 is 0 Å². The van der Waals surface area contributed by atoms with Crippen molar-refractivity contribution in [3.05, 3.63) is 11.8 Å². The molecule has 0 atom stereocenters. The second-order valence-corrected chi connectivity index (χ2v) is 3.64. The van der Waals surface area contributed by atoms with Gasteiger partial charge < -0.3 is 10.5 Å². The first kappa shape index (κ1) is 12.5. The summed E-state index contributed by atoms with van der Waals surface area (Å²) in [5, 5.41) is 0. The third kappa shape index (κ3) is 7.85. The predicted octanol–water partition coefficient (Wildman–Crippen LogP) is 2.69. The highest BCUT2D eigenvalue weighted by Gasteiger charge is 1.96. The van der Waals surface area contributed by atoms with Gasteiger partial charge in [-0.25, -0.2) is 0 Å². The summed E-state index contributed by atoms with van der Waals surface area (Å²) in [6.45, 7) is 8.01. The Morgan fingerprint density at radius 1 is 1.46 bits per heavy atom.